The Hall–Kier alpha value is -1.88. The Labute approximate surface area is 143 Å². The van der Waals surface area contributed by atoms with Crippen molar-refractivity contribution in [1.29, 1.82) is 0 Å². The number of amides is 2. The molecule has 5 heteroatoms. The number of hydrogen-bond donors (Lipinski definition) is 3. The molecular formula is C19H27N3O2. The molecule has 0 saturated heterocycles. The standard InChI is InChI=1S/C19H27N3O2/c20-10-11-21-18(23)14-8-4-5-9-17(14)22-19(24)16-12-15(16)13-6-2-1-3-7-13/h4-5,8-9,13,15-16H,1-3,6-7,10-12,20H2,(H,21,23)(H,22,24). The highest BCUT2D eigenvalue weighted by Crippen LogP contribution is 2.49. The maximum absolute atomic E-state index is 12.6. The normalized spacial score (nSPS) is 23.5. The fraction of sp³-hybridized carbons (Fsp3) is 0.579. The Balaban J connectivity index is 1.60. The van der Waals surface area contributed by atoms with Gasteiger partial charge in [0.2, 0.25) is 5.91 Å². The van der Waals surface area contributed by atoms with Crippen LogP contribution in [0, 0.1) is 17.8 Å². The third-order valence-corrected chi connectivity index (χ3v) is 5.29. The minimum absolute atomic E-state index is 0.0599. The molecule has 2 unspecified atom stereocenters. The van der Waals surface area contributed by atoms with Gasteiger partial charge in [-0.1, -0.05) is 44.2 Å². The Morgan fingerprint density at radius 2 is 1.88 bits per heavy atom. The van der Waals surface area contributed by atoms with E-state index in [0.29, 0.717) is 30.3 Å². The molecule has 0 radical (unpaired) electrons. The molecule has 2 amide bonds. The summed E-state index contributed by atoms with van der Waals surface area (Å²) in [5.41, 5.74) is 6.51. The summed E-state index contributed by atoms with van der Waals surface area (Å²) in [6.45, 7) is 0.818. The monoisotopic (exact) mass is 329 g/mol. The molecule has 1 aromatic rings. The van der Waals surface area contributed by atoms with E-state index in [4.69, 9.17) is 5.73 Å². The lowest BCUT2D eigenvalue weighted by Crippen LogP contribution is -2.30. The number of carbonyl (C=O) groups is 2. The minimum Gasteiger partial charge on any atom is -0.351 e. The van der Waals surface area contributed by atoms with Gasteiger partial charge < -0.3 is 16.4 Å². The lowest BCUT2D eigenvalue weighted by Gasteiger charge is -2.21. The molecule has 0 aliphatic heterocycles. The van der Waals surface area contributed by atoms with Crippen LogP contribution in [-0.4, -0.2) is 24.9 Å². The number of nitrogens with one attached hydrogen (secondary N) is 2. The van der Waals surface area contributed by atoms with Crippen LogP contribution in [0.3, 0.4) is 0 Å². The van der Waals surface area contributed by atoms with Gasteiger partial charge in [-0.25, -0.2) is 0 Å². The lowest BCUT2D eigenvalue weighted by molar-refractivity contribution is -0.117. The van der Waals surface area contributed by atoms with E-state index in [1.54, 1.807) is 18.2 Å². The van der Waals surface area contributed by atoms with Crippen molar-refractivity contribution in [3.63, 3.8) is 0 Å². The van der Waals surface area contributed by atoms with Crippen molar-refractivity contribution in [1.82, 2.24) is 5.32 Å². The van der Waals surface area contributed by atoms with Gasteiger partial charge in [-0.3, -0.25) is 9.59 Å². The fourth-order valence-corrected chi connectivity index (χ4v) is 3.90. The van der Waals surface area contributed by atoms with E-state index < -0.39 is 0 Å². The summed E-state index contributed by atoms with van der Waals surface area (Å²) in [4.78, 5) is 24.7. The predicted octanol–water partition coefficient (Wildman–Crippen LogP) is 2.53. The van der Waals surface area contributed by atoms with Crippen molar-refractivity contribution in [2.24, 2.45) is 23.5 Å². The number of rotatable bonds is 6. The summed E-state index contributed by atoms with van der Waals surface area (Å²) < 4.78 is 0. The highest BCUT2D eigenvalue weighted by Gasteiger charge is 2.47. The van der Waals surface area contributed by atoms with E-state index >= 15 is 0 Å². The molecule has 3 rings (SSSR count). The highest BCUT2D eigenvalue weighted by molar-refractivity contribution is 6.04. The van der Waals surface area contributed by atoms with Crippen molar-refractivity contribution >= 4 is 17.5 Å². The summed E-state index contributed by atoms with van der Waals surface area (Å²) in [6, 6.07) is 7.15. The summed E-state index contributed by atoms with van der Waals surface area (Å²) in [5.74, 6) is 1.25. The van der Waals surface area contributed by atoms with Crippen LogP contribution in [0.25, 0.3) is 0 Å². The zero-order chi connectivity index (χ0) is 16.9. The minimum atomic E-state index is -0.198. The van der Waals surface area contributed by atoms with E-state index in [0.717, 1.165) is 12.3 Å². The molecule has 2 saturated carbocycles. The smallest absolute Gasteiger partial charge is 0.253 e. The number of nitrogens with two attached hydrogens (primary N) is 1. The fourth-order valence-electron chi connectivity index (χ4n) is 3.90. The summed E-state index contributed by atoms with van der Waals surface area (Å²) in [5, 5.41) is 5.72. The van der Waals surface area contributed by atoms with Crippen LogP contribution in [0.5, 0.6) is 0 Å². The maximum atomic E-state index is 12.6. The van der Waals surface area contributed by atoms with Crippen molar-refractivity contribution in [2.75, 3.05) is 18.4 Å². The van der Waals surface area contributed by atoms with Crippen molar-refractivity contribution in [3.8, 4) is 0 Å². The van der Waals surface area contributed by atoms with E-state index in [9.17, 15) is 9.59 Å². The lowest BCUT2D eigenvalue weighted by atomic mass is 9.85. The van der Waals surface area contributed by atoms with Gasteiger partial charge in [-0.05, 0) is 30.4 Å². The van der Waals surface area contributed by atoms with E-state index in [-0.39, 0.29) is 17.7 Å². The molecule has 0 aromatic heterocycles. The van der Waals surface area contributed by atoms with Gasteiger partial charge in [0.1, 0.15) is 0 Å². The highest BCUT2D eigenvalue weighted by atomic mass is 16.2. The molecule has 2 aliphatic carbocycles. The van der Waals surface area contributed by atoms with Crippen molar-refractivity contribution in [3.05, 3.63) is 29.8 Å². The number of hydrogen-bond acceptors (Lipinski definition) is 3. The van der Waals surface area contributed by atoms with Crippen molar-refractivity contribution in [2.45, 2.75) is 38.5 Å². The van der Waals surface area contributed by atoms with Gasteiger partial charge in [0, 0.05) is 19.0 Å². The summed E-state index contributed by atoms with van der Waals surface area (Å²) in [7, 11) is 0. The van der Waals surface area contributed by atoms with Gasteiger partial charge >= 0.3 is 0 Å². The first-order chi connectivity index (χ1) is 11.7. The average Bonchev–Trinajstić information content (AvgIpc) is 3.42. The van der Waals surface area contributed by atoms with Gasteiger partial charge in [-0.15, -0.1) is 0 Å². The molecule has 5 nitrogen and oxygen atoms in total. The number of para-hydroxylation sites is 1. The van der Waals surface area contributed by atoms with E-state index in [1.165, 1.54) is 32.1 Å². The average molecular weight is 329 g/mol. The summed E-state index contributed by atoms with van der Waals surface area (Å²) >= 11 is 0. The van der Waals surface area contributed by atoms with E-state index in [2.05, 4.69) is 10.6 Å². The zero-order valence-electron chi connectivity index (χ0n) is 14.1. The van der Waals surface area contributed by atoms with Gasteiger partial charge in [0.15, 0.2) is 0 Å². The number of carbonyl (C=O) groups excluding carboxylic acids is 2. The molecule has 2 atom stereocenters. The second-order valence-corrected chi connectivity index (χ2v) is 6.98. The second-order valence-electron chi connectivity index (χ2n) is 6.98. The molecule has 0 bridgehead atoms. The first kappa shape index (κ1) is 17.0. The molecule has 2 aliphatic rings. The zero-order valence-corrected chi connectivity index (χ0v) is 14.1. The topological polar surface area (TPSA) is 84.2 Å². The Kier molecular flexibility index (Phi) is 5.51. The van der Waals surface area contributed by atoms with Gasteiger partial charge in [0.05, 0.1) is 11.3 Å². The Bertz CT molecular complexity index is 596. The molecule has 1 aromatic carbocycles. The van der Waals surface area contributed by atoms with Crippen LogP contribution in [0.4, 0.5) is 5.69 Å². The first-order valence-electron chi connectivity index (χ1n) is 9.09. The van der Waals surface area contributed by atoms with E-state index in [1.807, 2.05) is 6.07 Å². The molecule has 0 heterocycles. The molecular weight excluding hydrogens is 302 g/mol. The predicted molar refractivity (Wildman–Crippen MR) is 94.6 cm³/mol. The van der Waals surface area contributed by atoms with Gasteiger partial charge in [0.25, 0.3) is 5.91 Å². The third kappa shape index (κ3) is 3.96. The molecule has 4 N–H and O–H groups in total. The first-order valence-corrected chi connectivity index (χ1v) is 9.09. The third-order valence-electron chi connectivity index (χ3n) is 5.29. The molecule has 2 fully saturated rings. The van der Waals surface area contributed by atoms with Crippen LogP contribution < -0.4 is 16.4 Å². The van der Waals surface area contributed by atoms with Crippen LogP contribution in [0.1, 0.15) is 48.9 Å². The maximum Gasteiger partial charge on any atom is 0.253 e. The molecule has 24 heavy (non-hydrogen) atoms. The second kappa shape index (κ2) is 7.79. The summed E-state index contributed by atoms with van der Waals surface area (Å²) in [6.07, 6.45) is 7.49. The number of anilines is 1. The Morgan fingerprint density at radius 3 is 2.62 bits per heavy atom. The van der Waals surface area contributed by atoms with Crippen LogP contribution in [0.2, 0.25) is 0 Å². The van der Waals surface area contributed by atoms with Gasteiger partial charge in [-0.2, -0.15) is 0 Å². The molecule has 130 valence electrons. The Morgan fingerprint density at radius 1 is 1.12 bits per heavy atom. The largest absolute Gasteiger partial charge is 0.351 e. The SMILES string of the molecule is NCCNC(=O)c1ccccc1NC(=O)C1CC1C1CCCCC1. The quantitative estimate of drug-likeness (QED) is 0.750. The number of benzene rings is 1. The molecule has 0 spiro atoms. The van der Waals surface area contributed by atoms with Crippen LogP contribution >= 0.6 is 0 Å². The van der Waals surface area contributed by atoms with Crippen LogP contribution in [-0.2, 0) is 4.79 Å². The van der Waals surface area contributed by atoms with Crippen LogP contribution in [0.15, 0.2) is 24.3 Å². The van der Waals surface area contributed by atoms with Crippen molar-refractivity contribution < 1.29 is 9.59 Å².